The average molecular weight is 273 g/mol. The number of aryl methyl sites for hydroxylation is 1. The zero-order valence-corrected chi connectivity index (χ0v) is 12.8. The van der Waals surface area contributed by atoms with Gasteiger partial charge in [-0.05, 0) is 55.2 Å². The SMILES string of the molecule is CC(C)C1CCN(C2CCCc3ccccc3C2O)C1. The van der Waals surface area contributed by atoms with E-state index in [-0.39, 0.29) is 6.10 Å². The molecule has 0 aromatic heterocycles. The first-order chi connectivity index (χ1) is 9.66. The summed E-state index contributed by atoms with van der Waals surface area (Å²) in [6, 6.07) is 8.78. The smallest absolute Gasteiger partial charge is 0.0947 e. The molecule has 1 fully saturated rings. The first kappa shape index (κ1) is 14.1. The third kappa shape index (κ3) is 2.64. The highest BCUT2D eigenvalue weighted by Gasteiger charge is 2.35. The monoisotopic (exact) mass is 273 g/mol. The number of aliphatic hydroxyl groups is 1. The second-order valence-electron chi connectivity index (χ2n) is 6.89. The number of likely N-dealkylation sites (tertiary alicyclic amines) is 1. The maximum atomic E-state index is 10.8. The van der Waals surface area contributed by atoms with Crippen molar-refractivity contribution in [1.29, 1.82) is 0 Å². The van der Waals surface area contributed by atoms with Gasteiger partial charge in [-0.3, -0.25) is 4.90 Å². The molecule has 0 amide bonds. The van der Waals surface area contributed by atoms with E-state index < -0.39 is 0 Å². The van der Waals surface area contributed by atoms with Crippen molar-refractivity contribution >= 4 is 0 Å². The predicted molar refractivity (Wildman–Crippen MR) is 82.6 cm³/mol. The summed E-state index contributed by atoms with van der Waals surface area (Å²) >= 11 is 0. The maximum absolute atomic E-state index is 10.8. The number of aliphatic hydroxyl groups excluding tert-OH is 1. The largest absolute Gasteiger partial charge is 0.387 e. The lowest BCUT2D eigenvalue weighted by atomic mass is 9.95. The normalized spacial score (nSPS) is 31.3. The zero-order chi connectivity index (χ0) is 14.1. The minimum Gasteiger partial charge on any atom is -0.387 e. The molecule has 3 unspecified atom stereocenters. The zero-order valence-electron chi connectivity index (χ0n) is 12.8. The van der Waals surface area contributed by atoms with E-state index in [1.165, 1.54) is 30.5 Å². The molecule has 0 bridgehead atoms. The summed E-state index contributed by atoms with van der Waals surface area (Å²) in [6.45, 7) is 6.98. The summed E-state index contributed by atoms with van der Waals surface area (Å²) in [5.41, 5.74) is 2.52. The van der Waals surface area contributed by atoms with Crippen molar-refractivity contribution < 1.29 is 5.11 Å². The summed E-state index contributed by atoms with van der Waals surface area (Å²) in [7, 11) is 0. The molecule has 1 N–H and O–H groups in total. The lowest BCUT2D eigenvalue weighted by Crippen LogP contribution is -2.38. The number of hydrogen-bond acceptors (Lipinski definition) is 2. The fourth-order valence-corrected chi connectivity index (χ4v) is 3.96. The first-order valence-corrected chi connectivity index (χ1v) is 8.16. The van der Waals surface area contributed by atoms with Crippen LogP contribution in [0, 0.1) is 11.8 Å². The van der Waals surface area contributed by atoms with Crippen molar-refractivity contribution in [3.05, 3.63) is 35.4 Å². The van der Waals surface area contributed by atoms with Gasteiger partial charge in [0.25, 0.3) is 0 Å². The number of fused-ring (bicyclic) bond motifs is 1. The van der Waals surface area contributed by atoms with Gasteiger partial charge in [-0.1, -0.05) is 38.1 Å². The maximum Gasteiger partial charge on any atom is 0.0947 e. The van der Waals surface area contributed by atoms with Crippen molar-refractivity contribution in [3.8, 4) is 0 Å². The van der Waals surface area contributed by atoms with Crippen LogP contribution in [0.2, 0.25) is 0 Å². The number of rotatable bonds is 2. The van der Waals surface area contributed by atoms with E-state index in [1.807, 2.05) is 0 Å². The van der Waals surface area contributed by atoms with Crippen LogP contribution in [0.5, 0.6) is 0 Å². The fraction of sp³-hybridized carbons (Fsp3) is 0.667. The minimum absolute atomic E-state index is 0.306. The lowest BCUT2D eigenvalue weighted by Gasteiger charge is -2.31. The number of hydrogen-bond donors (Lipinski definition) is 1. The standard InChI is InChI=1S/C18H27NO/c1-13(2)15-10-11-19(12-15)17-9-5-7-14-6-3-4-8-16(14)18(17)20/h3-4,6,8,13,15,17-18,20H,5,7,9-12H2,1-2H3. The van der Waals surface area contributed by atoms with Crippen molar-refractivity contribution in [3.63, 3.8) is 0 Å². The molecule has 2 nitrogen and oxygen atoms in total. The fourth-order valence-electron chi connectivity index (χ4n) is 3.96. The molecule has 2 heteroatoms. The Morgan fingerprint density at radius 2 is 2.00 bits per heavy atom. The molecule has 1 aliphatic heterocycles. The third-order valence-corrected chi connectivity index (χ3v) is 5.35. The average Bonchev–Trinajstić information content (AvgIpc) is 2.87. The van der Waals surface area contributed by atoms with Crippen LogP contribution in [0.25, 0.3) is 0 Å². The highest BCUT2D eigenvalue weighted by Crippen LogP contribution is 2.35. The van der Waals surface area contributed by atoms with Crippen LogP contribution < -0.4 is 0 Å². The summed E-state index contributed by atoms with van der Waals surface area (Å²) in [5, 5.41) is 10.8. The van der Waals surface area contributed by atoms with Crippen molar-refractivity contribution in [2.24, 2.45) is 11.8 Å². The number of nitrogens with zero attached hydrogens (tertiary/aromatic N) is 1. The Kier molecular flexibility index (Phi) is 4.13. The van der Waals surface area contributed by atoms with E-state index in [9.17, 15) is 5.11 Å². The van der Waals surface area contributed by atoms with Gasteiger partial charge in [0.1, 0.15) is 0 Å². The molecule has 0 saturated carbocycles. The van der Waals surface area contributed by atoms with Gasteiger partial charge in [0.2, 0.25) is 0 Å². The van der Waals surface area contributed by atoms with Gasteiger partial charge in [-0.2, -0.15) is 0 Å². The summed E-state index contributed by atoms with van der Waals surface area (Å²) in [4.78, 5) is 2.55. The van der Waals surface area contributed by atoms with Crippen LogP contribution in [0.1, 0.15) is 50.3 Å². The van der Waals surface area contributed by atoms with E-state index in [0.29, 0.717) is 6.04 Å². The van der Waals surface area contributed by atoms with Crippen LogP contribution in [-0.2, 0) is 6.42 Å². The van der Waals surface area contributed by atoms with Crippen LogP contribution in [0.3, 0.4) is 0 Å². The van der Waals surface area contributed by atoms with Crippen molar-refractivity contribution in [2.45, 2.75) is 51.7 Å². The molecule has 1 heterocycles. The molecule has 110 valence electrons. The molecule has 1 aromatic rings. The Labute approximate surface area is 122 Å². The van der Waals surface area contributed by atoms with Gasteiger partial charge in [-0.15, -0.1) is 0 Å². The Hall–Kier alpha value is -0.860. The van der Waals surface area contributed by atoms with Gasteiger partial charge in [0, 0.05) is 12.6 Å². The van der Waals surface area contributed by atoms with E-state index in [2.05, 4.69) is 43.0 Å². The Balaban J connectivity index is 1.78. The van der Waals surface area contributed by atoms with E-state index >= 15 is 0 Å². The van der Waals surface area contributed by atoms with Crippen molar-refractivity contribution in [1.82, 2.24) is 4.90 Å². The Morgan fingerprint density at radius 3 is 2.75 bits per heavy atom. The number of benzene rings is 1. The van der Waals surface area contributed by atoms with Crippen LogP contribution in [0.4, 0.5) is 0 Å². The molecule has 3 atom stereocenters. The van der Waals surface area contributed by atoms with Gasteiger partial charge >= 0.3 is 0 Å². The molecule has 1 aromatic carbocycles. The molecule has 3 rings (SSSR count). The molecule has 0 spiro atoms. The Morgan fingerprint density at radius 1 is 1.20 bits per heavy atom. The van der Waals surface area contributed by atoms with Crippen molar-refractivity contribution in [2.75, 3.05) is 13.1 Å². The topological polar surface area (TPSA) is 23.5 Å². The van der Waals surface area contributed by atoms with Crippen LogP contribution in [0.15, 0.2) is 24.3 Å². The molecule has 0 radical (unpaired) electrons. The van der Waals surface area contributed by atoms with Gasteiger partial charge in [0.05, 0.1) is 6.10 Å². The third-order valence-electron chi connectivity index (χ3n) is 5.35. The van der Waals surface area contributed by atoms with Gasteiger partial charge in [0.15, 0.2) is 0 Å². The second kappa shape index (κ2) is 5.87. The predicted octanol–water partition coefficient (Wildman–Crippen LogP) is 3.40. The summed E-state index contributed by atoms with van der Waals surface area (Å²) in [6.07, 6.45) is 4.43. The molecule has 2 aliphatic rings. The molecule has 1 saturated heterocycles. The van der Waals surface area contributed by atoms with Crippen LogP contribution in [-0.4, -0.2) is 29.1 Å². The Bertz CT molecular complexity index is 456. The highest BCUT2D eigenvalue weighted by molar-refractivity contribution is 5.31. The van der Waals surface area contributed by atoms with Gasteiger partial charge < -0.3 is 5.11 Å². The second-order valence-corrected chi connectivity index (χ2v) is 6.89. The first-order valence-electron chi connectivity index (χ1n) is 8.16. The van der Waals surface area contributed by atoms with E-state index in [0.717, 1.165) is 31.2 Å². The van der Waals surface area contributed by atoms with Crippen LogP contribution >= 0.6 is 0 Å². The molecule has 1 aliphatic carbocycles. The molecular weight excluding hydrogens is 246 g/mol. The van der Waals surface area contributed by atoms with E-state index in [4.69, 9.17) is 0 Å². The lowest BCUT2D eigenvalue weighted by molar-refractivity contribution is 0.0549. The summed E-state index contributed by atoms with van der Waals surface area (Å²) in [5.74, 6) is 1.57. The minimum atomic E-state index is -0.306. The molecular formula is C18H27NO. The quantitative estimate of drug-likeness (QED) is 0.835. The highest BCUT2D eigenvalue weighted by atomic mass is 16.3. The van der Waals surface area contributed by atoms with Gasteiger partial charge in [-0.25, -0.2) is 0 Å². The van der Waals surface area contributed by atoms with E-state index in [1.54, 1.807) is 0 Å². The molecule has 20 heavy (non-hydrogen) atoms. The summed E-state index contributed by atoms with van der Waals surface area (Å²) < 4.78 is 0.